The Bertz CT molecular complexity index is 571. The molecule has 0 spiro atoms. The van der Waals surface area contributed by atoms with Gasteiger partial charge in [-0.15, -0.1) is 0 Å². The van der Waals surface area contributed by atoms with Crippen molar-refractivity contribution in [2.45, 2.75) is 46.0 Å². The third kappa shape index (κ3) is 3.62. The van der Waals surface area contributed by atoms with Crippen molar-refractivity contribution in [3.8, 4) is 0 Å². The molecule has 0 bridgehead atoms. The maximum absolute atomic E-state index is 12.0. The van der Waals surface area contributed by atoms with E-state index in [1.165, 1.54) is 19.3 Å². The van der Waals surface area contributed by atoms with Crippen molar-refractivity contribution in [1.29, 1.82) is 0 Å². The lowest BCUT2D eigenvalue weighted by atomic mass is 10.1. The first-order valence-electron chi connectivity index (χ1n) is 7.55. The number of hydrogen-bond donors (Lipinski definition) is 2. The fourth-order valence-corrected chi connectivity index (χ4v) is 2.57. The molecule has 0 saturated heterocycles. The maximum Gasteiger partial charge on any atom is 0.224 e. The van der Waals surface area contributed by atoms with E-state index in [2.05, 4.69) is 29.4 Å². The van der Waals surface area contributed by atoms with Crippen molar-refractivity contribution in [2.24, 2.45) is 0 Å². The average Bonchev–Trinajstić information content (AvgIpc) is 2.75. The molecule has 0 aliphatic carbocycles. The van der Waals surface area contributed by atoms with Gasteiger partial charge in [0.1, 0.15) is 0 Å². The Morgan fingerprint density at radius 3 is 2.80 bits per heavy atom. The Hall–Kier alpha value is -1.77. The number of aryl methyl sites for hydroxylation is 1. The van der Waals surface area contributed by atoms with E-state index in [1.807, 2.05) is 19.1 Å². The van der Waals surface area contributed by atoms with E-state index in [1.54, 1.807) is 0 Å². The van der Waals surface area contributed by atoms with Gasteiger partial charge in [-0.3, -0.25) is 4.79 Å². The number of carbonyl (C=O) groups is 1. The van der Waals surface area contributed by atoms with Crippen LogP contribution in [0.2, 0.25) is 0 Å². The minimum Gasteiger partial charge on any atom is -0.358 e. The first-order valence-corrected chi connectivity index (χ1v) is 7.55. The van der Waals surface area contributed by atoms with E-state index in [0.717, 1.165) is 35.1 Å². The smallest absolute Gasteiger partial charge is 0.224 e. The van der Waals surface area contributed by atoms with Crippen molar-refractivity contribution in [1.82, 2.24) is 10.3 Å². The second-order valence-electron chi connectivity index (χ2n) is 5.36. The van der Waals surface area contributed by atoms with Gasteiger partial charge >= 0.3 is 0 Å². The number of para-hydroxylation sites is 1. The Kier molecular flexibility index (Phi) is 5.22. The van der Waals surface area contributed by atoms with E-state index in [4.69, 9.17) is 0 Å². The third-order valence-electron chi connectivity index (χ3n) is 3.72. The summed E-state index contributed by atoms with van der Waals surface area (Å²) < 4.78 is 0. The summed E-state index contributed by atoms with van der Waals surface area (Å²) in [5.74, 6) is 0.120. The lowest BCUT2D eigenvalue weighted by Gasteiger charge is -2.05. The van der Waals surface area contributed by atoms with E-state index < -0.39 is 0 Å². The molecule has 0 saturated carbocycles. The summed E-state index contributed by atoms with van der Waals surface area (Å²) in [6.07, 6.45) is 5.21. The number of nitrogens with one attached hydrogen (secondary N) is 2. The number of rotatable bonds is 7. The minimum absolute atomic E-state index is 0.120. The Morgan fingerprint density at radius 1 is 1.20 bits per heavy atom. The predicted molar refractivity (Wildman–Crippen MR) is 83.9 cm³/mol. The summed E-state index contributed by atoms with van der Waals surface area (Å²) in [6, 6.07) is 8.15. The molecule has 1 aromatic heterocycles. The van der Waals surface area contributed by atoms with Crippen LogP contribution in [0.25, 0.3) is 10.9 Å². The number of unbranched alkanes of at least 4 members (excludes halogenated alkanes) is 3. The summed E-state index contributed by atoms with van der Waals surface area (Å²) in [5.41, 5.74) is 3.31. The zero-order chi connectivity index (χ0) is 14.4. The van der Waals surface area contributed by atoms with Gasteiger partial charge in [-0.2, -0.15) is 0 Å². The molecule has 0 aliphatic rings. The second kappa shape index (κ2) is 7.13. The van der Waals surface area contributed by atoms with E-state index >= 15 is 0 Å². The molecule has 2 N–H and O–H groups in total. The summed E-state index contributed by atoms with van der Waals surface area (Å²) in [4.78, 5) is 15.4. The highest BCUT2D eigenvalue weighted by atomic mass is 16.1. The molecule has 0 radical (unpaired) electrons. The fourth-order valence-electron chi connectivity index (χ4n) is 2.57. The summed E-state index contributed by atoms with van der Waals surface area (Å²) in [6.45, 7) is 5.02. The first kappa shape index (κ1) is 14.6. The van der Waals surface area contributed by atoms with Crippen LogP contribution in [0.4, 0.5) is 0 Å². The van der Waals surface area contributed by atoms with Gasteiger partial charge in [-0.05, 0) is 25.0 Å². The lowest BCUT2D eigenvalue weighted by molar-refractivity contribution is -0.120. The maximum atomic E-state index is 12.0. The number of benzene rings is 1. The zero-order valence-electron chi connectivity index (χ0n) is 12.5. The average molecular weight is 272 g/mol. The molecule has 0 atom stereocenters. The molecule has 2 aromatic rings. The molecular formula is C17H24N2O. The molecule has 0 aliphatic heterocycles. The number of fused-ring (bicyclic) bond motifs is 1. The molecular weight excluding hydrogens is 248 g/mol. The van der Waals surface area contributed by atoms with Gasteiger partial charge < -0.3 is 10.3 Å². The molecule has 0 fully saturated rings. The third-order valence-corrected chi connectivity index (χ3v) is 3.72. The molecule has 20 heavy (non-hydrogen) atoms. The molecule has 2 rings (SSSR count). The monoisotopic (exact) mass is 272 g/mol. The van der Waals surface area contributed by atoms with Gasteiger partial charge in [0.25, 0.3) is 0 Å². The van der Waals surface area contributed by atoms with Crippen LogP contribution in [-0.4, -0.2) is 17.4 Å². The van der Waals surface area contributed by atoms with Crippen molar-refractivity contribution in [3.05, 3.63) is 35.5 Å². The molecule has 108 valence electrons. The quantitative estimate of drug-likeness (QED) is 0.741. The Labute approximate surface area is 120 Å². The summed E-state index contributed by atoms with van der Waals surface area (Å²) >= 11 is 0. The summed E-state index contributed by atoms with van der Waals surface area (Å²) in [7, 11) is 0. The number of carbonyl (C=O) groups excluding carboxylic acids is 1. The molecule has 0 unspecified atom stereocenters. The SMILES string of the molecule is CCCCCCNC(=O)Cc1c(C)[nH]c2ccccc12. The molecule has 1 heterocycles. The van der Waals surface area contributed by atoms with Crippen LogP contribution < -0.4 is 5.32 Å². The van der Waals surface area contributed by atoms with Crippen LogP contribution in [0.15, 0.2) is 24.3 Å². The van der Waals surface area contributed by atoms with Gasteiger partial charge in [0.15, 0.2) is 0 Å². The molecule has 3 nitrogen and oxygen atoms in total. The predicted octanol–water partition coefficient (Wildman–Crippen LogP) is 3.72. The summed E-state index contributed by atoms with van der Waals surface area (Å²) in [5, 5.41) is 4.18. The second-order valence-corrected chi connectivity index (χ2v) is 5.36. The van der Waals surface area contributed by atoms with Gasteiger partial charge in [0, 0.05) is 23.1 Å². The molecule has 3 heteroatoms. The van der Waals surface area contributed by atoms with Crippen molar-refractivity contribution in [3.63, 3.8) is 0 Å². The number of aromatic nitrogens is 1. The lowest BCUT2D eigenvalue weighted by Crippen LogP contribution is -2.26. The minimum atomic E-state index is 0.120. The zero-order valence-corrected chi connectivity index (χ0v) is 12.5. The normalized spacial score (nSPS) is 10.9. The van der Waals surface area contributed by atoms with Crippen LogP contribution in [-0.2, 0) is 11.2 Å². The van der Waals surface area contributed by atoms with Gasteiger partial charge in [-0.25, -0.2) is 0 Å². The number of hydrogen-bond acceptors (Lipinski definition) is 1. The van der Waals surface area contributed by atoms with Crippen LogP contribution in [0.3, 0.4) is 0 Å². The number of H-pyrrole nitrogens is 1. The van der Waals surface area contributed by atoms with Crippen LogP contribution >= 0.6 is 0 Å². The number of aromatic amines is 1. The Morgan fingerprint density at radius 2 is 2.00 bits per heavy atom. The van der Waals surface area contributed by atoms with E-state index in [9.17, 15) is 4.79 Å². The first-order chi connectivity index (χ1) is 9.72. The highest BCUT2D eigenvalue weighted by molar-refractivity contribution is 5.90. The van der Waals surface area contributed by atoms with Crippen molar-refractivity contribution >= 4 is 16.8 Å². The van der Waals surface area contributed by atoms with Gasteiger partial charge in [0.2, 0.25) is 5.91 Å². The van der Waals surface area contributed by atoms with E-state index in [0.29, 0.717) is 6.42 Å². The van der Waals surface area contributed by atoms with Crippen molar-refractivity contribution in [2.75, 3.05) is 6.54 Å². The van der Waals surface area contributed by atoms with Crippen molar-refractivity contribution < 1.29 is 4.79 Å². The van der Waals surface area contributed by atoms with Crippen LogP contribution in [0, 0.1) is 6.92 Å². The Balaban J connectivity index is 1.91. The highest BCUT2D eigenvalue weighted by Gasteiger charge is 2.11. The van der Waals surface area contributed by atoms with Gasteiger partial charge in [-0.1, -0.05) is 44.4 Å². The number of amides is 1. The van der Waals surface area contributed by atoms with Gasteiger partial charge in [0.05, 0.1) is 6.42 Å². The standard InChI is InChI=1S/C17H24N2O/c1-3-4-5-8-11-18-17(20)12-15-13(2)19-16-10-7-6-9-14(15)16/h6-7,9-10,19H,3-5,8,11-12H2,1-2H3,(H,18,20). The fraction of sp³-hybridized carbons (Fsp3) is 0.471. The topological polar surface area (TPSA) is 44.9 Å². The highest BCUT2D eigenvalue weighted by Crippen LogP contribution is 2.22. The molecule has 1 amide bonds. The van der Waals surface area contributed by atoms with E-state index in [-0.39, 0.29) is 5.91 Å². The largest absolute Gasteiger partial charge is 0.358 e. The van der Waals surface area contributed by atoms with Crippen LogP contribution in [0.5, 0.6) is 0 Å². The van der Waals surface area contributed by atoms with Crippen LogP contribution in [0.1, 0.15) is 43.9 Å². The molecule has 1 aromatic carbocycles.